The third kappa shape index (κ3) is 3.89. The van der Waals surface area contributed by atoms with E-state index in [0.717, 1.165) is 12.1 Å². The molecule has 0 bridgehead atoms. The van der Waals surface area contributed by atoms with Crippen LogP contribution in [0, 0.1) is 0 Å². The molecular weight excluding hydrogens is 376 g/mol. The first-order valence-electron chi connectivity index (χ1n) is 10.9. The number of hydrogen-bond donors (Lipinski definition) is 0. The van der Waals surface area contributed by atoms with E-state index in [0.29, 0.717) is 11.8 Å². The van der Waals surface area contributed by atoms with Crippen LogP contribution < -0.4 is 5.01 Å². The van der Waals surface area contributed by atoms with Crippen molar-refractivity contribution in [3.63, 3.8) is 0 Å². The molecule has 1 aliphatic carbocycles. The number of rotatable bonds is 5. The molecule has 0 heterocycles. The first-order chi connectivity index (χ1) is 15.3. The molecule has 1 aliphatic rings. The quantitative estimate of drug-likeness (QED) is 0.270. The smallest absolute Gasteiger partial charge is 0.0590 e. The molecule has 31 heavy (non-hydrogen) atoms. The lowest BCUT2D eigenvalue weighted by Crippen LogP contribution is -2.12. The molecule has 0 saturated heterocycles. The van der Waals surface area contributed by atoms with Gasteiger partial charge in [-0.3, -0.25) is 5.01 Å². The van der Waals surface area contributed by atoms with Crippen LogP contribution in [0.1, 0.15) is 39.7 Å². The first kappa shape index (κ1) is 19.3. The Bertz CT molecular complexity index is 1180. The predicted molar refractivity (Wildman–Crippen MR) is 130 cm³/mol. The maximum Gasteiger partial charge on any atom is 0.0590 e. The zero-order valence-corrected chi connectivity index (χ0v) is 17.7. The maximum atomic E-state index is 4.76. The predicted octanol–water partition coefficient (Wildman–Crippen LogP) is 6.63. The zero-order valence-electron chi connectivity index (χ0n) is 17.7. The molecule has 152 valence electrons. The molecule has 0 fully saturated rings. The van der Waals surface area contributed by atoms with E-state index in [9.17, 15) is 0 Å². The maximum absolute atomic E-state index is 4.76. The van der Waals surface area contributed by atoms with Gasteiger partial charge < -0.3 is 0 Å². The summed E-state index contributed by atoms with van der Waals surface area (Å²) in [4.78, 5) is 0. The van der Waals surface area contributed by atoms with Gasteiger partial charge in [-0.05, 0) is 52.3 Å². The van der Waals surface area contributed by atoms with Crippen LogP contribution in [-0.4, -0.2) is 13.3 Å². The van der Waals surface area contributed by atoms with Gasteiger partial charge in [0.05, 0.1) is 11.9 Å². The average Bonchev–Trinajstić information content (AvgIpc) is 3.23. The van der Waals surface area contributed by atoms with Crippen molar-refractivity contribution in [3.05, 3.63) is 137 Å². The second kappa shape index (κ2) is 8.61. The molecule has 0 aromatic heterocycles. The lowest BCUT2D eigenvalue weighted by molar-refractivity contribution is 0.656. The van der Waals surface area contributed by atoms with Gasteiger partial charge in [-0.25, -0.2) is 0 Å². The standard InChI is InChI=1S/C29H26N2/c1-31(25-16-6-3-7-17-25)30-21-24-15-9-11-19-27(24)29-26-18-10-8-14-23(26)20-28(29)22-12-4-2-5-13-22/h2-19,21,28-29H,20H2,1H3. The molecule has 0 N–H and O–H groups in total. The van der Waals surface area contributed by atoms with Crippen molar-refractivity contribution in [3.8, 4) is 0 Å². The van der Waals surface area contributed by atoms with Crippen molar-refractivity contribution in [2.75, 3.05) is 12.1 Å². The molecule has 0 saturated carbocycles. The largest absolute Gasteiger partial charge is 0.269 e. The van der Waals surface area contributed by atoms with Crippen molar-refractivity contribution in [2.45, 2.75) is 18.3 Å². The summed E-state index contributed by atoms with van der Waals surface area (Å²) in [5.74, 6) is 0.753. The number of hydrazone groups is 1. The van der Waals surface area contributed by atoms with Crippen molar-refractivity contribution in [1.82, 2.24) is 0 Å². The highest BCUT2D eigenvalue weighted by molar-refractivity contribution is 5.83. The number of fused-ring (bicyclic) bond motifs is 1. The minimum Gasteiger partial charge on any atom is -0.269 e. The number of para-hydroxylation sites is 1. The highest BCUT2D eigenvalue weighted by atomic mass is 15.4. The summed E-state index contributed by atoms with van der Waals surface area (Å²) >= 11 is 0. The summed E-state index contributed by atoms with van der Waals surface area (Å²) in [7, 11) is 1.99. The van der Waals surface area contributed by atoms with E-state index in [1.54, 1.807) is 0 Å². The molecule has 2 unspecified atom stereocenters. The molecule has 4 aromatic rings. The minimum absolute atomic E-state index is 0.322. The Morgan fingerprint density at radius 3 is 2.10 bits per heavy atom. The van der Waals surface area contributed by atoms with Crippen molar-refractivity contribution >= 4 is 11.9 Å². The summed E-state index contributed by atoms with van der Waals surface area (Å²) in [6, 6.07) is 38.8. The van der Waals surface area contributed by atoms with Crippen LogP contribution in [0.15, 0.2) is 114 Å². The van der Waals surface area contributed by atoms with Crippen LogP contribution in [-0.2, 0) is 6.42 Å². The van der Waals surface area contributed by atoms with E-state index < -0.39 is 0 Å². The summed E-state index contributed by atoms with van der Waals surface area (Å²) in [6.07, 6.45) is 3.07. The second-order valence-corrected chi connectivity index (χ2v) is 8.13. The number of hydrogen-bond acceptors (Lipinski definition) is 2. The Morgan fingerprint density at radius 1 is 0.710 bits per heavy atom. The summed E-state index contributed by atoms with van der Waals surface area (Å²) in [5, 5.41) is 6.68. The van der Waals surface area contributed by atoms with Crippen molar-refractivity contribution in [1.29, 1.82) is 0 Å². The van der Waals surface area contributed by atoms with E-state index in [2.05, 4.69) is 91.0 Å². The minimum atomic E-state index is 0.322. The molecule has 0 radical (unpaired) electrons. The SMILES string of the molecule is CN(N=Cc1ccccc1C1c2ccccc2CC1c1ccccc1)c1ccccc1. The zero-order chi connectivity index (χ0) is 21.0. The molecule has 4 aromatic carbocycles. The molecule has 2 heteroatoms. The fourth-order valence-corrected chi connectivity index (χ4v) is 4.76. The molecule has 5 rings (SSSR count). The van der Waals surface area contributed by atoms with Gasteiger partial charge in [0.25, 0.3) is 0 Å². The first-order valence-corrected chi connectivity index (χ1v) is 10.9. The summed E-state index contributed by atoms with van der Waals surface area (Å²) in [5.41, 5.74) is 7.88. The summed E-state index contributed by atoms with van der Waals surface area (Å²) in [6.45, 7) is 0. The lowest BCUT2D eigenvalue weighted by Gasteiger charge is -2.23. The second-order valence-electron chi connectivity index (χ2n) is 8.13. The fourth-order valence-electron chi connectivity index (χ4n) is 4.76. The average molecular weight is 403 g/mol. The van der Waals surface area contributed by atoms with Crippen molar-refractivity contribution in [2.24, 2.45) is 5.10 Å². The number of benzene rings is 4. The molecule has 2 nitrogen and oxygen atoms in total. The van der Waals surface area contributed by atoms with E-state index in [1.165, 1.54) is 27.8 Å². The van der Waals surface area contributed by atoms with Gasteiger partial charge >= 0.3 is 0 Å². The van der Waals surface area contributed by atoms with E-state index in [-0.39, 0.29) is 0 Å². The van der Waals surface area contributed by atoms with Crippen LogP contribution in [0.3, 0.4) is 0 Å². The summed E-state index contributed by atoms with van der Waals surface area (Å²) < 4.78 is 0. The fraction of sp³-hybridized carbons (Fsp3) is 0.138. The van der Waals surface area contributed by atoms with Gasteiger partial charge in [-0.1, -0.05) is 97.1 Å². The van der Waals surface area contributed by atoms with Crippen LogP contribution in [0.2, 0.25) is 0 Å². The monoisotopic (exact) mass is 402 g/mol. The lowest BCUT2D eigenvalue weighted by atomic mass is 9.80. The molecule has 0 spiro atoms. The Balaban J connectivity index is 1.55. The van der Waals surface area contributed by atoms with Gasteiger partial charge in [-0.2, -0.15) is 5.10 Å². The van der Waals surface area contributed by atoms with Crippen molar-refractivity contribution < 1.29 is 0 Å². The molecule has 0 aliphatic heterocycles. The Morgan fingerprint density at radius 2 is 1.32 bits per heavy atom. The third-order valence-electron chi connectivity index (χ3n) is 6.29. The van der Waals surface area contributed by atoms with E-state index in [4.69, 9.17) is 5.10 Å². The van der Waals surface area contributed by atoms with Crippen LogP contribution in [0.5, 0.6) is 0 Å². The van der Waals surface area contributed by atoms with Gasteiger partial charge in [0, 0.05) is 13.0 Å². The van der Waals surface area contributed by atoms with E-state index in [1.807, 2.05) is 36.5 Å². The van der Waals surface area contributed by atoms with E-state index >= 15 is 0 Å². The molecular formula is C29H26N2. The third-order valence-corrected chi connectivity index (χ3v) is 6.29. The van der Waals surface area contributed by atoms with Gasteiger partial charge in [0.2, 0.25) is 0 Å². The normalized spacial score (nSPS) is 17.6. The highest BCUT2D eigenvalue weighted by Gasteiger charge is 2.35. The molecule has 2 atom stereocenters. The number of nitrogens with zero attached hydrogens (tertiary/aromatic N) is 2. The highest BCUT2D eigenvalue weighted by Crippen LogP contribution is 2.48. The van der Waals surface area contributed by atoms with Gasteiger partial charge in [0.1, 0.15) is 0 Å². The van der Waals surface area contributed by atoms with Crippen LogP contribution >= 0.6 is 0 Å². The topological polar surface area (TPSA) is 15.6 Å². The Kier molecular flexibility index (Phi) is 5.37. The van der Waals surface area contributed by atoms with Crippen LogP contribution in [0.4, 0.5) is 5.69 Å². The number of anilines is 1. The molecule has 0 amide bonds. The Hall–Kier alpha value is -3.65. The van der Waals surface area contributed by atoms with Crippen LogP contribution in [0.25, 0.3) is 0 Å². The van der Waals surface area contributed by atoms with Gasteiger partial charge in [-0.15, -0.1) is 0 Å². The Labute approximate surface area is 184 Å². The van der Waals surface area contributed by atoms with Gasteiger partial charge in [0.15, 0.2) is 0 Å².